The fraction of sp³-hybridized carbons (Fsp3) is 0.548. The molecule has 0 N–H and O–H groups in total. The number of carbonyl (C=O) groups is 2. The van der Waals surface area contributed by atoms with Gasteiger partial charge in [-0.25, -0.2) is 9.59 Å². The van der Waals surface area contributed by atoms with Crippen LogP contribution in [0.2, 0.25) is 5.02 Å². The highest BCUT2D eigenvalue weighted by atomic mass is 35.5. The van der Waals surface area contributed by atoms with Gasteiger partial charge in [-0.1, -0.05) is 96.6 Å². The average Bonchev–Trinajstić information content (AvgIpc) is 2.90. The van der Waals surface area contributed by atoms with E-state index in [4.69, 9.17) is 25.8 Å². The van der Waals surface area contributed by atoms with Crippen LogP contribution < -0.4 is 9.47 Å². The van der Waals surface area contributed by atoms with Crippen molar-refractivity contribution in [2.75, 3.05) is 13.2 Å². The molecule has 1 unspecified atom stereocenters. The van der Waals surface area contributed by atoms with Crippen LogP contribution in [0.3, 0.4) is 0 Å². The Morgan fingerprint density at radius 1 is 0.784 bits per heavy atom. The number of esters is 2. The summed E-state index contributed by atoms with van der Waals surface area (Å²) in [7, 11) is 0. The molecule has 5 nitrogen and oxygen atoms in total. The molecule has 0 radical (unpaired) electrons. The van der Waals surface area contributed by atoms with Crippen molar-refractivity contribution >= 4 is 23.5 Å². The molecule has 2 aromatic carbocycles. The first kappa shape index (κ1) is 30.7. The summed E-state index contributed by atoms with van der Waals surface area (Å²) in [6.45, 7) is 7.30. The standard InChI is InChI=1S/C31H43ClO5/c1-4-6-7-8-9-10-11-12-13-14-21-35-26-17-15-25(16-18-26)30(33)37-27-19-20-28(29(32)22-27)31(34)36-23-24(3)5-2/h15-20,22,24H,4-14,21,23H2,1-3H3. The SMILES string of the molecule is CCCCCCCCCCCCOc1ccc(C(=O)Oc2ccc(C(=O)OCC(C)CC)c(Cl)c2)cc1. The van der Waals surface area contributed by atoms with Gasteiger partial charge in [0.1, 0.15) is 11.5 Å². The Morgan fingerprint density at radius 3 is 1.97 bits per heavy atom. The van der Waals surface area contributed by atoms with Gasteiger partial charge in [0.2, 0.25) is 0 Å². The van der Waals surface area contributed by atoms with Crippen LogP contribution >= 0.6 is 11.6 Å². The Bertz CT molecular complexity index is 941. The minimum atomic E-state index is -0.510. The Labute approximate surface area is 227 Å². The van der Waals surface area contributed by atoms with E-state index < -0.39 is 11.9 Å². The molecule has 0 heterocycles. The predicted octanol–water partition coefficient (Wildman–Crippen LogP) is 9.06. The van der Waals surface area contributed by atoms with E-state index in [9.17, 15) is 9.59 Å². The molecule has 2 rings (SSSR count). The molecule has 0 amide bonds. The molecule has 0 saturated carbocycles. The highest BCUT2D eigenvalue weighted by molar-refractivity contribution is 6.33. The van der Waals surface area contributed by atoms with Crippen LogP contribution in [0.25, 0.3) is 0 Å². The number of halogens is 1. The van der Waals surface area contributed by atoms with Gasteiger partial charge in [-0.15, -0.1) is 0 Å². The molecular weight excluding hydrogens is 488 g/mol. The summed E-state index contributed by atoms with van der Waals surface area (Å²) in [5, 5.41) is 0.176. The van der Waals surface area contributed by atoms with E-state index in [-0.39, 0.29) is 22.3 Å². The third-order valence-electron chi connectivity index (χ3n) is 6.42. The van der Waals surface area contributed by atoms with Crippen molar-refractivity contribution in [1.82, 2.24) is 0 Å². The van der Waals surface area contributed by atoms with Gasteiger partial charge in [-0.2, -0.15) is 0 Å². The van der Waals surface area contributed by atoms with Crippen LogP contribution in [-0.4, -0.2) is 25.2 Å². The van der Waals surface area contributed by atoms with Gasteiger partial charge < -0.3 is 14.2 Å². The Kier molecular flexibility index (Phi) is 14.8. The molecule has 2 aromatic rings. The van der Waals surface area contributed by atoms with Crippen molar-refractivity contribution in [2.24, 2.45) is 5.92 Å². The van der Waals surface area contributed by atoms with Crippen molar-refractivity contribution in [1.29, 1.82) is 0 Å². The van der Waals surface area contributed by atoms with E-state index >= 15 is 0 Å². The number of rotatable bonds is 18. The summed E-state index contributed by atoms with van der Waals surface area (Å²) >= 11 is 6.23. The first-order valence-electron chi connectivity index (χ1n) is 13.9. The normalized spacial score (nSPS) is 11.7. The summed E-state index contributed by atoms with van der Waals surface area (Å²) < 4.78 is 16.5. The zero-order valence-electron chi connectivity index (χ0n) is 22.7. The monoisotopic (exact) mass is 530 g/mol. The molecule has 0 bridgehead atoms. The molecule has 204 valence electrons. The number of hydrogen-bond acceptors (Lipinski definition) is 5. The maximum atomic E-state index is 12.5. The van der Waals surface area contributed by atoms with Crippen molar-refractivity contribution in [3.05, 3.63) is 58.6 Å². The van der Waals surface area contributed by atoms with E-state index in [1.165, 1.54) is 76.0 Å². The topological polar surface area (TPSA) is 61.8 Å². The highest BCUT2D eigenvalue weighted by Crippen LogP contribution is 2.25. The molecule has 0 aliphatic rings. The summed E-state index contributed by atoms with van der Waals surface area (Å²) in [5.41, 5.74) is 0.646. The van der Waals surface area contributed by atoms with Gasteiger partial charge in [0.25, 0.3) is 0 Å². The summed E-state index contributed by atoms with van der Waals surface area (Å²) in [6, 6.07) is 11.4. The number of ether oxygens (including phenoxy) is 3. The Hall–Kier alpha value is -2.53. The molecule has 37 heavy (non-hydrogen) atoms. The van der Waals surface area contributed by atoms with E-state index in [0.717, 1.165) is 18.6 Å². The van der Waals surface area contributed by atoms with E-state index in [1.54, 1.807) is 24.3 Å². The van der Waals surface area contributed by atoms with Gasteiger partial charge >= 0.3 is 11.9 Å². The summed E-state index contributed by atoms with van der Waals surface area (Å²) in [4.78, 5) is 24.8. The maximum Gasteiger partial charge on any atom is 0.343 e. The molecule has 0 aromatic heterocycles. The second-order valence-electron chi connectivity index (χ2n) is 9.70. The molecule has 0 aliphatic heterocycles. The predicted molar refractivity (Wildman–Crippen MR) is 150 cm³/mol. The van der Waals surface area contributed by atoms with E-state index in [1.807, 2.05) is 13.8 Å². The summed E-state index contributed by atoms with van der Waals surface area (Å²) in [5.74, 6) is 0.269. The van der Waals surface area contributed by atoms with Crippen LogP contribution in [0.1, 0.15) is 112 Å². The third-order valence-corrected chi connectivity index (χ3v) is 6.74. The average molecular weight is 531 g/mol. The minimum Gasteiger partial charge on any atom is -0.494 e. The maximum absolute atomic E-state index is 12.5. The fourth-order valence-electron chi connectivity index (χ4n) is 3.77. The van der Waals surface area contributed by atoms with Crippen molar-refractivity contribution in [3.63, 3.8) is 0 Å². The van der Waals surface area contributed by atoms with Crippen LogP contribution in [0.5, 0.6) is 11.5 Å². The zero-order valence-corrected chi connectivity index (χ0v) is 23.5. The second-order valence-corrected chi connectivity index (χ2v) is 10.1. The zero-order chi connectivity index (χ0) is 26.9. The molecule has 0 spiro atoms. The molecular formula is C31H43ClO5. The molecule has 0 aliphatic carbocycles. The first-order valence-corrected chi connectivity index (χ1v) is 14.2. The fourth-order valence-corrected chi connectivity index (χ4v) is 4.02. The summed E-state index contributed by atoms with van der Waals surface area (Å²) in [6.07, 6.45) is 13.8. The van der Waals surface area contributed by atoms with Gasteiger partial charge in [0, 0.05) is 6.07 Å². The number of unbranched alkanes of at least 4 members (excludes halogenated alkanes) is 9. The lowest BCUT2D eigenvalue weighted by Gasteiger charge is -2.11. The molecule has 0 fully saturated rings. The van der Waals surface area contributed by atoms with Crippen LogP contribution in [0, 0.1) is 5.92 Å². The van der Waals surface area contributed by atoms with Crippen LogP contribution in [0.15, 0.2) is 42.5 Å². The lowest BCUT2D eigenvalue weighted by Crippen LogP contribution is -2.12. The lowest BCUT2D eigenvalue weighted by molar-refractivity contribution is 0.0447. The molecule has 1 atom stereocenters. The Balaban J connectivity index is 1.70. The van der Waals surface area contributed by atoms with Gasteiger partial charge in [-0.05, 0) is 48.7 Å². The van der Waals surface area contributed by atoms with Gasteiger partial charge in [-0.3, -0.25) is 0 Å². The van der Waals surface area contributed by atoms with Crippen molar-refractivity contribution in [3.8, 4) is 11.5 Å². The number of benzene rings is 2. The lowest BCUT2D eigenvalue weighted by atomic mass is 10.1. The van der Waals surface area contributed by atoms with E-state index in [0.29, 0.717) is 18.8 Å². The van der Waals surface area contributed by atoms with Gasteiger partial charge in [0.05, 0.1) is 29.4 Å². The second kappa shape index (κ2) is 17.8. The quantitative estimate of drug-likeness (QED) is 0.109. The minimum absolute atomic E-state index is 0.176. The van der Waals surface area contributed by atoms with Crippen molar-refractivity contribution < 1.29 is 23.8 Å². The van der Waals surface area contributed by atoms with Gasteiger partial charge in [0.15, 0.2) is 0 Å². The first-order chi connectivity index (χ1) is 17.9. The highest BCUT2D eigenvalue weighted by Gasteiger charge is 2.16. The largest absolute Gasteiger partial charge is 0.494 e. The van der Waals surface area contributed by atoms with Crippen molar-refractivity contribution in [2.45, 2.75) is 91.4 Å². The Morgan fingerprint density at radius 2 is 1.38 bits per heavy atom. The van der Waals surface area contributed by atoms with E-state index in [2.05, 4.69) is 6.92 Å². The number of carbonyl (C=O) groups excluding carboxylic acids is 2. The molecule has 6 heteroatoms. The van der Waals surface area contributed by atoms with Crippen LogP contribution in [0.4, 0.5) is 0 Å². The third kappa shape index (κ3) is 12.0. The molecule has 0 saturated heterocycles. The smallest absolute Gasteiger partial charge is 0.343 e. The van der Waals surface area contributed by atoms with Crippen LogP contribution in [-0.2, 0) is 4.74 Å². The number of hydrogen-bond donors (Lipinski definition) is 0.